The molecule has 0 aliphatic heterocycles. The lowest BCUT2D eigenvalue weighted by Gasteiger charge is -1.99. The summed E-state index contributed by atoms with van der Waals surface area (Å²) < 4.78 is 0. The Balaban J connectivity index is 3.15. The molecule has 0 rings (SSSR count). The zero-order valence-corrected chi connectivity index (χ0v) is 5.20. The second-order valence-electron chi connectivity index (χ2n) is 1.73. The summed E-state index contributed by atoms with van der Waals surface area (Å²) in [6.45, 7) is -0.242. The van der Waals surface area contributed by atoms with Gasteiger partial charge >= 0.3 is 0 Å². The fraction of sp³-hybridized carbons (Fsp3) is 0.667. The SMILES string of the molecule is OC/C=C/C[C@@H](O)CO. The van der Waals surface area contributed by atoms with Gasteiger partial charge in [0.15, 0.2) is 0 Å². The Morgan fingerprint density at radius 1 is 1.22 bits per heavy atom. The van der Waals surface area contributed by atoms with Crippen molar-refractivity contribution in [1.29, 1.82) is 0 Å². The Morgan fingerprint density at radius 3 is 2.33 bits per heavy atom. The summed E-state index contributed by atoms with van der Waals surface area (Å²) in [5, 5.41) is 25.2. The van der Waals surface area contributed by atoms with Crippen LogP contribution in [0.25, 0.3) is 0 Å². The normalized spacial score (nSPS) is 14.6. The van der Waals surface area contributed by atoms with E-state index in [9.17, 15) is 0 Å². The first-order valence-electron chi connectivity index (χ1n) is 2.86. The maximum Gasteiger partial charge on any atom is 0.0805 e. The van der Waals surface area contributed by atoms with Crippen LogP contribution < -0.4 is 0 Å². The van der Waals surface area contributed by atoms with Gasteiger partial charge < -0.3 is 15.3 Å². The summed E-state index contributed by atoms with van der Waals surface area (Å²) in [6, 6.07) is 0. The van der Waals surface area contributed by atoms with Gasteiger partial charge in [0.25, 0.3) is 0 Å². The number of hydrogen-bond donors (Lipinski definition) is 3. The third kappa shape index (κ3) is 5.49. The van der Waals surface area contributed by atoms with Crippen LogP contribution in [0.15, 0.2) is 12.2 Å². The molecule has 0 saturated heterocycles. The highest BCUT2D eigenvalue weighted by molar-refractivity contribution is 4.82. The smallest absolute Gasteiger partial charge is 0.0805 e. The van der Waals surface area contributed by atoms with Gasteiger partial charge in [-0.25, -0.2) is 0 Å². The Labute approximate surface area is 54.3 Å². The average molecular weight is 132 g/mol. The fourth-order valence-corrected chi connectivity index (χ4v) is 0.402. The molecule has 0 aromatic heterocycles. The Kier molecular flexibility index (Phi) is 5.51. The zero-order valence-electron chi connectivity index (χ0n) is 5.20. The van der Waals surface area contributed by atoms with Gasteiger partial charge in [-0.2, -0.15) is 0 Å². The van der Waals surface area contributed by atoms with E-state index in [1.54, 1.807) is 6.08 Å². The molecule has 0 heterocycles. The number of aliphatic hydroxyl groups excluding tert-OH is 3. The number of rotatable bonds is 4. The van der Waals surface area contributed by atoms with Crippen molar-refractivity contribution in [2.24, 2.45) is 0 Å². The highest BCUT2D eigenvalue weighted by atomic mass is 16.3. The van der Waals surface area contributed by atoms with E-state index in [0.29, 0.717) is 6.42 Å². The van der Waals surface area contributed by atoms with Crippen molar-refractivity contribution in [2.45, 2.75) is 12.5 Å². The summed E-state index contributed by atoms with van der Waals surface area (Å²) in [5.74, 6) is 0. The van der Waals surface area contributed by atoms with E-state index in [0.717, 1.165) is 0 Å². The molecule has 54 valence electrons. The molecule has 9 heavy (non-hydrogen) atoms. The van der Waals surface area contributed by atoms with Gasteiger partial charge in [-0.05, 0) is 6.42 Å². The minimum Gasteiger partial charge on any atom is -0.394 e. The van der Waals surface area contributed by atoms with Crippen molar-refractivity contribution in [3.8, 4) is 0 Å². The average Bonchev–Trinajstić information content (AvgIpc) is 1.89. The lowest BCUT2D eigenvalue weighted by atomic mass is 10.2. The van der Waals surface area contributed by atoms with Gasteiger partial charge in [-0.3, -0.25) is 0 Å². The lowest BCUT2D eigenvalue weighted by Crippen LogP contribution is -2.09. The molecule has 0 fully saturated rings. The van der Waals surface area contributed by atoms with Crippen molar-refractivity contribution >= 4 is 0 Å². The predicted molar refractivity (Wildman–Crippen MR) is 33.9 cm³/mol. The van der Waals surface area contributed by atoms with E-state index >= 15 is 0 Å². The Hall–Kier alpha value is -0.380. The van der Waals surface area contributed by atoms with Crippen LogP contribution in [0.2, 0.25) is 0 Å². The van der Waals surface area contributed by atoms with Crippen LogP contribution in [-0.2, 0) is 0 Å². The maximum absolute atomic E-state index is 8.70. The van der Waals surface area contributed by atoms with Gasteiger partial charge in [0, 0.05) is 0 Å². The minimum atomic E-state index is -0.687. The number of hydrogen-bond acceptors (Lipinski definition) is 3. The molecule has 3 nitrogen and oxygen atoms in total. The molecule has 0 aromatic carbocycles. The quantitative estimate of drug-likeness (QED) is 0.442. The third-order valence-electron chi connectivity index (χ3n) is 0.891. The summed E-state index contributed by atoms with van der Waals surface area (Å²) >= 11 is 0. The van der Waals surface area contributed by atoms with Gasteiger partial charge in [-0.1, -0.05) is 12.2 Å². The molecule has 0 bridgehead atoms. The molecular formula is C6H12O3. The zero-order chi connectivity index (χ0) is 7.11. The Morgan fingerprint density at radius 2 is 1.89 bits per heavy atom. The highest BCUT2D eigenvalue weighted by Gasteiger charge is 1.95. The number of aliphatic hydroxyl groups is 3. The molecule has 0 radical (unpaired) electrons. The van der Waals surface area contributed by atoms with E-state index in [4.69, 9.17) is 15.3 Å². The van der Waals surface area contributed by atoms with Crippen LogP contribution in [-0.4, -0.2) is 34.6 Å². The molecule has 0 amide bonds. The first kappa shape index (κ1) is 8.62. The highest BCUT2D eigenvalue weighted by Crippen LogP contribution is 1.90. The molecule has 1 atom stereocenters. The molecule has 0 saturated carbocycles. The van der Waals surface area contributed by atoms with Crippen molar-refractivity contribution in [1.82, 2.24) is 0 Å². The summed E-state index contributed by atoms with van der Waals surface area (Å²) in [7, 11) is 0. The predicted octanol–water partition coefficient (Wildman–Crippen LogP) is -0.722. The summed E-state index contributed by atoms with van der Waals surface area (Å²) in [5.41, 5.74) is 0. The van der Waals surface area contributed by atoms with E-state index in [1.165, 1.54) is 6.08 Å². The topological polar surface area (TPSA) is 60.7 Å². The molecule has 3 N–H and O–H groups in total. The van der Waals surface area contributed by atoms with Crippen molar-refractivity contribution in [3.63, 3.8) is 0 Å². The third-order valence-corrected chi connectivity index (χ3v) is 0.891. The minimum absolute atomic E-state index is 0.0157. The van der Waals surface area contributed by atoms with Crippen LogP contribution in [0.1, 0.15) is 6.42 Å². The first-order chi connectivity index (χ1) is 4.31. The molecule has 0 aliphatic rings. The summed E-state index contributed by atoms with van der Waals surface area (Å²) in [6.07, 6.45) is 2.87. The molecular weight excluding hydrogens is 120 g/mol. The van der Waals surface area contributed by atoms with Crippen LogP contribution in [0, 0.1) is 0 Å². The van der Waals surface area contributed by atoms with Gasteiger partial charge in [0.05, 0.1) is 19.3 Å². The lowest BCUT2D eigenvalue weighted by molar-refractivity contribution is 0.0975. The van der Waals surface area contributed by atoms with Gasteiger partial charge in [-0.15, -0.1) is 0 Å². The van der Waals surface area contributed by atoms with Crippen LogP contribution in [0.4, 0.5) is 0 Å². The first-order valence-corrected chi connectivity index (χ1v) is 2.86. The monoisotopic (exact) mass is 132 g/mol. The van der Waals surface area contributed by atoms with Crippen molar-refractivity contribution in [2.75, 3.05) is 13.2 Å². The molecule has 0 aliphatic carbocycles. The van der Waals surface area contributed by atoms with Gasteiger partial charge in [0.2, 0.25) is 0 Å². The largest absolute Gasteiger partial charge is 0.394 e. The van der Waals surface area contributed by atoms with E-state index < -0.39 is 6.10 Å². The van der Waals surface area contributed by atoms with Crippen molar-refractivity contribution < 1.29 is 15.3 Å². The fourth-order valence-electron chi connectivity index (χ4n) is 0.402. The van der Waals surface area contributed by atoms with Crippen LogP contribution in [0.3, 0.4) is 0 Å². The molecule has 0 unspecified atom stereocenters. The molecule has 3 heteroatoms. The Bertz CT molecular complexity index is 80.4. The van der Waals surface area contributed by atoms with E-state index in [2.05, 4.69) is 0 Å². The van der Waals surface area contributed by atoms with E-state index in [1.807, 2.05) is 0 Å². The van der Waals surface area contributed by atoms with Crippen LogP contribution in [0.5, 0.6) is 0 Å². The van der Waals surface area contributed by atoms with Crippen LogP contribution >= 0.6 is 0 Å². The standard InChI is InChI=1S/C6H12O3/c7-4-2-1-3-6(9)5-8/h1-2,6-9H,3-5H2/b2-1+/t6-/m1/s1. The molecule has 0 spiro atoms. The molecule has 0 aromatic rings. The van der Waals surface area contributed by atoms with E-state index in [-0.39, 0.29) is 13.2 Å². The maximum atomic E-state index is 8.70. The summed E-state index contributed by atoms with van der Waals surface area (Å²) in [4.78, 5) is 0. The second-order valence-corrected chi connectivity index (χ2v) is 1.73. The second kappa shape index (κ2) is 5.75. The van der Waals surface area contributed by atoms with Crippen molar-refractivity contribution in [3.05, 3.63) is 12.2 Å². The van der Waals surface area contributed by atoms with Gasteiger partial charge in [0.1, 0.15) is 0 Å².